The van der Waals surface area contributed by atoms with Crippen LogP contribution in [0.15, 0.2) is 12.1 Å². The van der Waals surface area contributed by atoms with E-state index in [-0.39, 0.29) is 24.3 Å². The lowest BCUT2D eigenvalue weighted by atomic mass is 9.97. The fourth-order valence-electron chi connectivity index (χ4n) is 1.95. The molecule has 0 bridgehead atoms. The van der Waals surface area contributed by atoms with Gasteiger partial charge in [-0.2, -0.15) is 0 Å². The number of hydrogen-bond donors (Lipinski definition) is 1. The fraction of sp³-hybridized carbons (Fsp3) is 0.364. The van der Waals surface area contributed by atoms with Crippen LogP contribution in [-0.4, -0.2) is 29.8 Å². The molecular formula is C11H11F2NO3. The summed E-state index contributed by atoms with van der Waals surface area (Å²) < 4.78 is 32.1. The number of nitrogens with zero attached hydrogens (tertiary/aromatic N) is 1. The third-order valence-corrected chi connectivity index (χ3v) is 2.80. The Kier molecular flexibility index (Phi) is 2.97. The molecule has 6 heteroatoms. The quantitative estimate of drug-likeness (QED) is 0.804. The summed E-state index contributed by atoms with van der Waals surface area (Å²) in [5, 5.41) is 9.61. The predicted molar refractivity (Wildman–Crippen MR) is 53.8 cm³/mol. The molecule has 0 radical (unpaired) electrons. The van der Waals surface area contributed by atoms with Crippen LogP contribution in [0.25, 0.3) is 0 Å². The molecule has 1 aliphatic heterocycles. The maximum absolute atomic E-state index is 13.7. The number of rotatable bonds is 2. The van der Waals surface area contributed by atoms with Crippen molar-refractivity contribution >= 4 is 5.91 Å². The number of carbonyl (C=O) groups excluding carboxylic acids is 1. The monoisotopic (exact) mass is 243 g/mol. The zero-order valence-electron chi connectivity index (χ0n) is 9.11. The van der Waals surface area contributed by atoms with E-state index in [1.165, 1.54) is 7.11 Å². The van der Waals surface area contributed by atoms with Crippen LogP contribution in [0, 0.1) is 11.6 Å². The number of halogens is 2. The molecule has 1 heterocycles. The van der Waals surface area contributed by atoms with E-state index in [0.29, 0.717) is 5.06 Å². The average Bonchev–Trinajstić information content (AvgIpc) is 2.57. The minimum atomic E-state index is -0.769. The second kappa shape index (κ2) is 4.29. The van der Waals surface area contributed by atoms with Crippen LogP contribution >= 0.6 is 0 Å². The minimum absolute atomic E-state index is 0.0777. The van der Waals surface area contributed by atoms with Crippen LogP contribution < -0.4 is 4.74 Å². The molecule has 1 aromatic carbocycles. The second-order valence-corrected chi connectivity index (χ2v) is 3.88. The molecule has 1 amide bonds. The summed E-state index contributed by atoms with van der Waals surface area (Å²) in [4.78, 5) is 11.1. The maximum Gasteiger partial charge on any atom is 0.246 e. The smallest absolute Gasteiger partial charge is 0.246 e. The largest absolute Gasteiger partial charge is 0.497 e. The Bertz CT molecular complexity index is 441. The van der Waals surface area contributed by atoms with Crippen LogP contribution in [-0.2, 0) is 4.79 Å². The minimum Gasteiger partial charge on any atom is -0.497 e. The summed E-state index contributed by atoms with van der Waals surface area (Å²) in [6.07, 6.45) is -0.101. The van der Waals surface area contributed by atoms with Gasteiger partial charge in [-0.25, -0.2) is 13.8 Å². The molecule has 17 heavy (non-hydrogen) atoms. The SMILES string of the molecule is COc1cc(F)c(C2CC(=O)N(O)C2)c(F)c1. The van der Waals surface area contributed by atoms with E-state index in [1.807, 2.05) is 0 Å². The van der Waals surface area contributed by atoms with Crippen LogP contribution in [0.3, 0.4) is 0 Å². The lowest BCUT2D eigenvalue weighted by molar-refractivity contribution is -0.157. The third kappa shape index (κ3) is 2.08. The van der Waals surface area contributed by atoms with Gasteiger partial charge in [-0.05, 0) is 0 Å². The fourth-order valence-corrected chi connectivity index (χ4v) is 1.95. The Balaban J connectivity index is 2.36. The van der Waals surface area contributed by atoms with Gasteiger partial charge in [0.25, 0.3) is 0 Å². The van der Waals surface area contributed by atoms with Gasteiger partial charge in [0, 0.05) is 30.0 Å². The third-order valence-electron chi connectivity index (χ3n) is 2.80. The first kappa shape index (κ1) is 11.8. The number of ether oxygens (including phenoxy) is 1. The molecule has 1 aliphatic rings. The van der Waals surface area contributed by atoms with Gasteiger partial charge >= 0.3 is 0 Å². The van der Waals surface area contributed by atoms with Gasteiger partial charge in [0.1, 0.15) is 17.4 Å². The first-order chi connectivity index (χ1) is 8.02. The van der Waals surface area contributed by atoms with E-state index in [0.717, 1.165) is 12.1 Å². The molecule has 0 aliphatic carbocycles. The molecule has 1 fully saturated rings. The van der Waals surface area contributed by atoms with Crippen molar-refractivity contribution in [2.75, 3.05) is 13.7 Å². The normalized spacial score (nSPS) is 19.9. The van der Waals surface area contributed by atoms with Gasteiger partial charge in [-0.1, -0.05) is 0 Å². The Morgan fingerprint density at radius 3 is 2.41 bits per heavy atom. The van der Waals surface area contributed by atoms with E-state index >= 15 is 0 Å². The molecule has 2 rings (SSSR count). The molecule has 1 atom stereocenters. The molecule has 1 unspecified atom stereocenters. The highest BCUT2D eigenvalue weighted by molar-refractivity contribution is 5.78. The van der Waals surface area contributed by atoms with Crippen molar-refractivity contribution in [1.82, 2.24) is 5.06 Å². The number of hydroxylamine groups is 2. The van der Waals surface area contributed by atoms with E-state index < -0.39 is 23.5 Å². The molecule has 1 aromatic rings. The first-order valence-corrected chi connectivity index (χ1v) is 5.05. The summed E-state index contributed by atoms with van der Waals surface area (Å²) in [5.41, 5.74) is -0.185. The molecule has 92 valence electrons. The number of hydrogen-bond acceptors (Lipinski definition) is 3. The summed E-state index contributed by atoms with van der Waals surface area (Å²) in [6.45, 7) is -0.0982. The molecule has 0 saturated carbocycles. The van der Waals surface area contributed by atoms with Gasteiger partial charge in [-0.3, -0.25) is 10.0 Å². The van der Waals surface area contributed by atoms with E-state index in [1.54, 1.807) is 0 Å². The van der Waals surface area contributed by atoms with Crippen LogP contribution in [0.1, 0.15) is 17.9 Å². The van der Waals surface area contributed by atoms with Crippen molar-refractivity contribution < 1.29 is 23.5 Å². The van der Waals surface area contributed by atoms with Gasteiger partial charge in [0.15, 0.2) is 0 Å². The second-order valence-electron chi connectivity index (χ2n) is 3.88. The molecule has 0 aromatic heterocycles. The highest BCUT2D eigenvalue weighted by atomic mass is 19.1. The lowest BCUT2D eigenvalue weighted by Gasteiger charge is -2.12. The highest BCUT2D eigenvalue weighted by Crippen LogP contribution is 2.32. The number of benzene rings is 1. The summed E-state index contributed by atoms with van der Waals surface area (Å²) in [7, 11) is 1.31. The van der Waals surface area contributed by atoms with Crippen molar-refractivity contribution in [1.29, 1.82) is 0 Å². The first-order valence-electron chi connectivity index (χ1n) is 5.05. The average molecular weight is 243 g/mol. The van der Waals surface area contributed by atoms with Crippen molar-refractivity contribution in [2.24, 2.45) is 0 Å². The van der Waals surface area contributed by atoms with Crippen molar-refractivity contribution in [3.8, 4) is 5.75 Å². The van der Waals surface area contributed by atoms with Crippen molar-refractivity contribution in [2.45, 2.75) is 12.3 Å². The van der Waals surface area contributed by atoms with E-state index in [4.69, 9.17) is 9.94 Å². The standard InChI is InChI=1S/C11H11F2NO3/c1-17-7-3-8(12)11(9(13)4-7)6-2-10(15)14(16)5-6/h3-4,6,16H,2,5H2,1H3. The Hall–Kier alpha value is -1.69. The predicted octanol–water partition coefficient (Wildman–Crippen LogP) is 1.68. The molecule has 0 spiro atoms. The number of amides is 1. The van der Waals surface area contributed by atoms with Gasteiger partial charge < -0.3 is 4.74 Å². The zero-order valence-corrected chi connectivity index (χ0v) is 9.11. The maximum atomic E-state index is 13.7. The number of carbonyl (C=O) groups is 1. The van der Waals surface area contributed by atoms with Gasteiger partial charge in [0.2, 0.25) is 5.91 Å². The summed E-state index contributed by atoms with van der Waals surface area (Å²) >= 11 is 0. The van der Waals surface area contributed by atoms with Crippen molar-refractivity contribution in [3.63, 3.8) is 0 Å². The Morgan fingerprint density at radius 1 is 1.41 bits per heavy atom. The van der Waals surface area contributed by atoms with Gasteiger partial charge in [0.05, 0.1) is 13.7 Å². The van der Waals surface area contributed by atoms with Crippen LogP contribution in [0.5, 0.6) is 5.75 Å². The lowest BCUT2D eigenvalue weighted by Crippen LogP contribution is -2.20. The Morgan fingerprint density at radius 2 is 2.00 bits per heavy atom. The summed E-state index contributed by atoms with van der Waals surface area (Å²) in [5.74, 6) is -2.66. The van der Waals surface area contributed by atoms with Gasteiger partial charge in [-0.15, -0.1) is 0 Å². The van der Waals surface area contributed by atoms with Crippen molar-refractivity contribution in [3.05, 3.63) is 29.3 Å². The highest BCUT2D eigenvalue weighted by Gasteiger charge is 2.33. The molecule has 4 nitrogen and oxygen atoms in total. The Labute approximate surface area is 96.4 Å². The molecule has 1 N–H and O–H groups in total. The zero-order chi connectivity index (χ0) is 12.6. The molecular weight excluding hydrogens is 232 g/mol. The van der Waals surface area contributed by atoms with Crippen LogP contribution in [0.4, 0.5) is 8.78 Å². The topological polar surface area (TPSA) is 49.8 Å². The van der Waals surface area contributed by atoms with E-state index in [2.05, 4.69) is 0 Å². The molecule has 1 saturated heterocycles. The van der Waals surface area contributed by atoms with E-state index in [9.17, 15) is 13.6 Å². The van der Waals surface area contributed by atoms with Crippen LogP contribution in [0.2, 0.25) is 0 Å². The summed E-state index contributed by atoms with van der Waals surface area (Å²) in [6, 6.07) is 2.12. The number of methoxy groups -OCH3 is 1.